The average molecular weight is 532 g/mol. The minimum atomic E-state index is -0.755. The van der Waals surface area contributed by atoms with Gasteiger partial charge < -0.3 is 14.7 Å². The van der Waals surface area contributed by atoms with Crippen molar-refractivity contribution >= 4 is 22.9 Å². The Labute approximate surface area is 230 Å². The Bertz CT molecular complexity index is 1340. The van der Waals surface area contributed by atoms with Crippen molar-refractivity contribution < 1.29 is 9.84 Å². The van der Waals surface area contributed by atoms with Crippen molar-refractivity contribution in [1.29, 1.82) is 10.5 Å². The minimum Gasteiger partial charge on any atom is -0.372 e. The first-order chi connectivity index (χ1) is 18.0. The lowest BCUT2D eigenvalue weighted by Crippen LogP contribution is -2.47. The van der Waals surface area contributed by atoms with Crippen LogP contribution in [0.1, 0.15) is 57.2 Å². The summed E-state index contributed by atoms with van der Waals surface area (Å²) >= 11 is 6.44. The van der Waals surface area contributed by atoms with Gasteiger partial charge in [0.05, 0.1) is 34.0 Å². The Morgan fingerprint density at radius 3 is 2.53 bits per heavy atom. The maximum absolute atomic E-state index is 11.3. The number of nitrogens with zero attached hydrogens (tertiary/aromatic N) is 5. The molecule has 0 radical (unpaired) electrons. The predicted octanol–water partition coefficient (Wildman–Crippen LogP) is 5.58. The number of aliphatic hydroxyl groups excluding tert-OH is 1. The second kappa shape index (κ2) is 10.9. The molecule has 38 heavy (non-hydrogen) atoms. The Hall–Kier alpha value is -3.20. The number of rotatable bonds is 7. The predicted molar refractivity (Wildman–Crippen MR) is 149 cm³/mol. The molecule has 8 heteroatoms. The van der Waals surface area contributed by atoms with Crippen molar-refractivity contribution in [2.24, 2.45) is 0 Å². The van der Waals surface area contributed by atoms with E-state index in [0.717, 1.165) is 28.8 Å². The van der Waals surface area contributed by atoms with E-state index in [2.05, 4.69) is 28.9 Å². The third kappa shape index (κ3) is 5.08. The van der Waals surface area contributed by atoms with E-state index in [1.165, 1.54) is 0 Å². The third-order valence-electron chi connectivity index (χ3n) is 7.80. The molecule has 1 aliphatic carbocycles. The lowest BCUT2D eigenvalue weighted by molar-refractivity contribution is -0.00697. The number of hydrogen-bond acceptors (Lipinski definition) is 7. The lowest BCUT2D eigenvalue weighted by atomic mass is 9.85. The molecule has 1 aromatic heterocycles. The van der Waals surface area contributed by atoms with Crippen LogP contribution in [-0.4, -0.2) is 51.7 Å². The second-order valence-electron chi connectivity index (χ2n) is 10.7. The smallest absolute Gasteiger partial charge is 0.146 e. The fourth-order valence-electron chi connectivity index (χ4n) is 5.58. The van der Waals surface area contributed by atoms with E-state index in [1.54, 1.807) is 18.5 Å². The van der Waals surface area contributed by atoms with E-state index in [-0.39, 0.29) is 6.17 Å². The Morgan fingerprint density at radius 1 is 1.16 bits per heavy atom. The molecule has 7 nitrogen and oxygen atoms in total. The highest BCUT2D eigenvalue weighted by molar-refractivity contribution is 6.32. The Balaban J connectivity index is 1.41. The van der Waals surface area contributed by atoms with Gasteiger partial charge in [0, 0.05) is 43.2 Å². The van der Waals surface area contributed by atoms with Crippen LogP contribution in [0.2, 0.25) is 5.02 Å². The van der Waals surface area contributed by atoms with Gasteiger partial charge in [-0.1, -0.05) is 23.8 Å². The fourth-order valence-corrected chi connectivity index (χ4v) is 5.78. The first kappa shape index (κ1) is 27.8. The number of aromatic nitrogens is 1. The highest BCUT2D eigenvalue weighted by Gasteiger charge is 2.50. The summed E-state index contributed by atoms with van der Waals surface area (Å²) in [4.78, 5) is 8.31. The molecule has 198 valence electrons. The molecule has 1 saturated heterocycles. The van der Waals surface area contributed by atoms with Gasteiger partial charge in [-0.25, -0.2) is 0 Å². The number of anilines is 1. The minimum absolute atomic E-state index is 0.0936. The monoisotopic (exact) mass is 531 g/mol. The zero-order chi connectivity index (χ0) is 27.7. The molecule has 0 bridgehead atoms. The Morgan fingerprint density at radius 2 is 1.87 bits per heavy atom. The number of pyridine rings is 1. The molecule has 1 N–H and O–H groups in total. The van der Waals surface area contributed by atoms with E-state index in [1.807, 2.05) is 62.9 Å². The van der Waals surface area contributed by atoms with Crippen molar-refractivity contribution in [2.75, 3.05) is 18.1 Å². The Kier molecular flexibility index (Phi) is 7.97. The van der Waals surface area contributed by atoms with Gasteiger partial charge in [-0.2, -0.15) is 10.5 Å². The molecule has 2 aromatic rings. The van der Waals surface area contributed by atoms with Crippen molar-refractivity contribution in [3.63, 3.8) is 0 Å². The van der Waals surface area contributed by atoms with Crippen LogP contribution in [0.25, 0.3) is 5.57 Å². The highest BCUT2D eigenvalue weighted by atomic mass is 35.5. The fraction of sp³-hybridized carbons (Fsp3) is 0.433. The van der Waals surface area contributed by atoms with Gasteiger partial charge in [-0.05, 0) is 82.0 Å². The summed E-state index contributed by atoms with van der Waals surface area (Å²) in [5.74, 6) is 0. The SMILES string of the molecule is Cc1c(N2C(C)N(CCCOC3(C)C=CC(c4ccncc4)=C(C#N)C3)C(C)(C)C2O)ccc(C#N)c1Cl. The quantitative estimate of drug-likeness (QED) is 0.465. The van der Waals surface area contributed by atoms with Crippen LogP contribution < -0.4 is 4.90 Å². The summed E-state index contributed by atoms with van der Waals surface area (Å²) in [7, 11) is 0. The summed E-state index contributed by atoms with van der Waals surface area (Å²) in [6.07, 6.45) is 7.88. The van der Waals surface area contributed by atoms with Gasteiger partial charge >= 0.3 is 0 Å². The van der Waals surface area contributed by atoms with Crippen LogP contribution in [0.15, 0.2) is 54.4 Å². The number of nitriles is 2. The standard InChI is InChI=1S/C30H34ClN5O2/c1-20-26(8-7-23(18-32)27(20)31)36-21(2)35(29(3,4)28(36)37)15-6-16-38-30(5)12-9-25(24(17-30)19-33)22-10-13-34-14-11-22/h7-14,21,28,37H,6,15-17H2,1-5H3. The molecule has 4 rings (SSSR count). The van der Waals surface area contributed by atoms with E-state index in [9.17, 15) is 15.6 Å². The topological polar surface area (TPSA) is 96.4 Å². The summed E-state index contributed by atoms with van der Waals surface area (Å²) in [5.41, 5.74) is 3.54. The molecule has 0 spiro atoms. The summed E-state index contributed by atoms with van der Waals surface area (Å²) in [6, 6.07) is 11.9. The average Bonchev–Trinajstić information content (AvgIpc) is 3.07. The van der Waals surface area contributed by atoms with Crippen LogP contribution in [0, 0.1) is 29.6 Å². The molecule has 1 aliphatic heterocycles. The highest BCUT2D eigenvalue weighted by Crippen LogP contribution is 2.41. The second-order valence-corrected chi connectivity index (χ2v) is 11.1. The molecule has 2 heterocycles. The zero-order valence-corrected chi connectivity index (χ0v) is 23.3. The number of allylic oxidation sites excluding steroid dienone is 2. The normalized spacial score (nSPS) is 24.9. The third-order valence-corrected chi connectivity index (χ3v) is 8.29. The van der Waals surface area contributed by atoms with Crippen molar-refractivity contribution in [3.8, 4) is 12.1 Å². The summed E-state index contributed by atoms with van der Waals surface area (Å²) in [5, 5.41) is 30.8. The molecular formula is C30H34ClN5O2. The number of benzene rings is 1. The number of halogens is 1. The largest absolute Gasteiger partial charge is 0.372 e. The number of hydrogen-bond donors (Lipinski definition) is 1. The van der Waals surface area contributed by atoms with Crippen molar-refractivity contribution in [3.05, 3.63) is 76.1 Å². The molecule has 1 fully saturated rings. The molecule has 3 unspecified atom stereocenters. The molecular weight excluding hydrogens is 498 g/mol. The summed E-state index contributed by atoms with van der Waals surface area (Å²) < 4.78 is 6.31. The van der Waals surface area contributed by atoms with E-state index in [0.29, 0.717) is 35.7 Å². The number of aliphatic hydroxyl groups is 1. The van der Waals surface area contributed by atoms with E-state index < -0.39 is 17.4 Å². The van der Waals surface area contributed by atoms with Crippen molar-refractivity contribution in [1.82, 2.24) is 9.88 Å². The van der Waals surface area contributed by atoms with Gasteiger partial charge in [-0.15, -0.1) is 0 Å². The summed E-state index contributed by atoms with van der Waals surface area (Å²) in [6.45, 7) is 11.3. The van der Waals surface area contributed by atoms with E-state index >= 15 is 0 Å². The van der Waals surface area contributed by atoms with Gasteiger partial charge in [0.1, 0.15) is 12.3 Å². The zero-order valence-electron chi connectivity index (χ0n) is 22.6. The lowest BCUT2D eigenvalue weighted by Gasteiger charge is -2.34. The van der Waals surface area contributed by atoms with Crippen LogP contribution in [0.5, 0.6) is 0 Å². The number of ether oxygens (including phenoxy) is 1. The molecule has 3 atom stereocenters. The maximum atomic E-state index is 11.3. The molecule has 0 amide bonds. The molecule has 2 aliphatic rings. The first-order valence-corrected chi connectivity index (χ1v) is 13.2. The van der Waals surface area contributed by atoms with Crippen LogP contribution in [-0.2, 0) is 4.74 Å². The van der Waals surface area contributed by atoms with Crippen LogP contribution in [0.3, 0.4) is 0 Å². The van der Waals surface area contributed by atoms with Gasteiger partial charge in [-0.3, -0.25) is 9.88 Å². The van der Waals surface area contributed by atoms with Crippen LogP contribution >= 0.6 is 11.6 Å². The first-order valence-electron chi connectivity index (χ1n) is 12.8. The maximum Gasteiger partial charge on any atom is 0.146 e. The molecule has 0 saturated carbocycles. The van der Waals surface area contributed by atoms with Crippen molar-refractivity contribution in [2.45, 2.75) is 71.0 Å². The van der Waals surface area contributed by atoms with Crippen LogP contribution in [0.4, 0.5) is 5.69 Å². The van der Waals surface area contributed by atoms with E-state index in [4.69, 9.17) is 16.3 Å². The van der Waals surface area contributed by atoms with Gasteiger partial charge in [0.15, 0.2) is 0 Å². The van der Waals surface area contributed by atoms with Gasteiger partial charge in [0.2, 0.25) is 0 Å². The van der Waals surface area contributed by atoms with Gasteiger partial charge in [0.25, 0.3) is 0 Å². The molecule has 1 aromatic carbocycles.